The van der Waals surface area contributed by atoms with Crippen molar-refractivity contribution in [2.75, 3.05) is 13.1 Å². The summed E-state index contributed by atoms with van der Waals surface area (Å²) in [6, 6.07) is 6.96. The van der Waals surface area contributed by atoms with E-state index >= 15 is 0 Å². The number of rotatable bonds is 4. The molecule has 2 unspecified atom stereocenters. The van der Waals surface area contributed by atoms with E-state index in [0.29, 0.717) is 30.2 Å². The summed E-state index contributed by atoms with van der Waals surface area (Å²) in [5.74, 6) is 0.651. The summed E-state index contributed by atoms with van der Waals surface area (Å²) in [6.45, 7) is 1.81. The average molecular weight is 301 g/mol. The highest BCUT2D eigenvalue weighted by atomic mass is 16.4. The van der Waals surface area contributed by atoms with Crippen molar-refractivity contribution in [3.63, 3.8) is 0 Å². The van der Waals surface area contributed by atoms with Crippen LogP contribution in [0.15, 0.2) is 24.3 Å². The first-order valence-corrected chi connectivity index (χ1v) is 8.24. The van der Waals surface area contributed by atoms with Crippen LogP contribution in [0.3, 0.4) is 0 Å². The molecule has 1 aliphatic carbocycles. The van der Waals surface area contributed by atoms with Crippen molar-refractivity contribution in [1.82, 2.24) is 4.90 Å². The molecule has 4 heteroatoms. The topological polar surface area (TPSA) is 57.6 Å². The van der Waals surface area contributed by atoms with Crippen LogP contribution >= 0.6 is 0 Å². The summed E-state index contributed by atoms with van der Waals surface area (Å²) in [7, 11) is 0. The van der Waals surface area contributed by atoms with Crippen LogP contribution in [-0.4, -0.2) is 35.0 Å². The van der Waals surface area contributed by atoms with Gasteiger partial charge in [0.05, 0.1) is 5.56 Å². The molecule has 1 saturated carbocycles. The van der Waals surface area contributed by atoms with Crippen molar-refractivity contribution in [2.45, 2.75) is 38.5 Å². The molecule has 0 radical (unpaired) electrons. The highest BCUT2D eigenvalue weighted by molar-refractivity contribution is 5.89. The number of aromatic carboxylic acids is 1. The monoisotopic (exact) mass is 301 g/mol. The zero-order chi connectivity index (χ0) is 15.5. The summed E-state index contributed by atoms with van der Waals surface area (Å²) in [5, 5.41) is 9.19. The molecule has 0 spiro atoms. The molecule has 4 nitrogen and oxygen atoms in total. The predicted octanol–water partition coefficient (Wildman–Crippen LogP) is 2.97. The van der Waals surface area contributed by atoms with Crippen molar-refractivity contribution in [1.29, 1.82) is 0 Å². The van der Waals surface area contributed by atoms with Crippen molar-refractivity contribution < 1.29 is 14.7 Å². The van der Waals surface area contributed by atoms with E-state index in [-0.39, 0.29) is 5.91 Å². The predicted molar refractivity (Wildman–Crippen MR) is 83.8 cm³/mol. The van der Waals surface area contributed by atoms with E-state index in [1.54, 1.807) is 18.2 Å². The molecule has 1 aliphatic heterocycles. The number of carbonyl (C=O) groups is 2. The minimum atomic E-state index is -0.921. The number of fused-ring (bicyclic) bond motifs is 1. The molecule has 0 aromatic heterocycles. The fraction of sp³-hybridized carbons (Fsp3) is 0.556. The van der Waals surface area contributed by atoms with Crippen molar-refractivity contribution >= 4 is 11.9 Å². The number of aryl methyl sites for hydroxylation is 1. The first kappa shape index (κ1) is 15.1. The van der Waals surface area contributed by atoms with Gasteiger partial charge in [-0.1, -0.05) is 31.0 Å². The summed E-state index contributed by atoms with van der Waals surface area (Å²) in [6.07, 6.45) is 6.04. The molecular formula is C18H23NO3. The second-order valence-corrected chi connectivity index (χ2v) is 6.57. The Morgan fingerprint density at radius 1 is 1.09 bits per heavy atom. The molecule has 1 aromatic carbocycles. The molecule has 1 N–H and O–H groups in total. The van der Waals surface area contributed by atoms with E-state index in [1.165, 1.54) is 25.7 Å². The number of likely N-dealkylation sites (tertiary alicyclic amines) is 1. The number of carboxylic acid groups (broad SMARTS) is 1. The van der Waals surface area contributed by atoms with Crippen LogP contribution in [-0.2, 0) is 11.2 Å². The van der Waals surface area contributed by atoms with Gasteiger partial charge in [0.1, 0.15) is 0 Å². The molecular weight excluding hydrogens is 278 g/mol. The smallest absolute Gasteiger partial charge is 0.335 e. The van der Waals surface area contributed by atoms with Crippen molar-refractivity contribution in [3.05, 3.63) is 35.4 Å². The van der Waals surface area contributed by atoms with Gasteiger partial charge in [-0.25, -0.2) is 4.79 Å². The molecule has 1 saturated heterocycles. The first-order chi connectivity index (χ1) is 10.6. The Labute approximate surface area is 131 Å². The molecule has 1 amide bonds. The average Bonchev–Trinajstić information content (AvgIpc) is 2.97. The van der Waals surface area contributed by atoms with E-state index in [4.69, 9.17) is 0 Å². The molecule has 2 aliphatic rings. The third-order valence-electron chi connectivity index (χ3n) is 5.18. The second-order valence-electron chi connectivity index (χ2n) is 6.57. The molecule has 1 aromatic rings. The molecule has 0 bridgehead atoms. The largest absolute Gasteiger partial charge is 0.478 e. The number of carbonyl (C=O) groups excluding carboxylic acids is 1. The van der Waals surface area contributed by atoms with Gasteiger partial charge < -0.3 is 10.0 Å². The van der Waals surface area contributed by atoms with Crippen LogP contribution in [0.2, 0.25) is 0 Å². The highest BCUT2D eigenvalue weighted by Gasteiger charge is 2.36. The Hall–Kier alpha value is -1.84. The normalized spacial score (nSPS) is 24.1. The number of amides is 1. The second kappa shape index (κ2) is 6.51. The fourth-order valence-corrected chi connectivity index (χ4v) is 3.96. The van der Waals surface area contributed by atoms with E-state index in [0.717, 1.165) is 18.7 Å². The summed E-state index contributed by atoms with van der Waals surface area (Å²) >= 11 is 0. The molecule has 2 fully saturated rings. The van der Waals surface area contributed by atoms with Gasteiger partial charge in [-0.3, -0.25) is 4.79 Å². The van der Waals surface area contributed by atoms with Gasteiger partial charge in [-0.15, -0.1) is 0 Å². The number of benzene rings is 1. The highest BCUT2D eigenvalue weighted by Crippen LogP contribution is 2.36. The van der Waals surface area contributed by atoms with Crippen LogP contribution in [0, 0.1) is 11.8 Å². The van der Waals surface area contributed by atoms with Crippen molar-refractivity contribution in [3.8, 4) is 0 Å². The Morgan fingerprint density at radius 2 is 1.73 bits per heavy atom. The van der Waals surface area contributed by atoms with Gasteiger partial charge in [-0.2, -0.15) is 0 Å². The minimum absolute atomic E-state index is 0.176. The van der Waals surface area contributed by atoms with Crippen LogP contribution < -0.4 is 0 Å². The van der Waals surface area contributed by atoms with Crippen LogP contribution in [0.4, 0.5) is 0 Å². The minimum Gasteiger partial charge on any atom is -0.478 e. The van der Waals surface area contributed by atoms with Crippen molar-refractivity contribution in [2.24, 2.45) is 11.8 Å². The number of carboxylic acids is 1. The SMILES string of the molecule is O=C(O)c1ccccc1CCC(=O)N1CC2CCCCC2C1. The van der Waals surface area contributed by atoms with E-state index in [9.17, 15) is 14.7 Å². The summed E-state index contributed by atoms with van der Waals surface area (Å²) in [4.78, 5) is 25.6. The van der Waals surface area contributed by atoms with Crippen LogP contribution in [0.1, 0.15) is 48.0 Å². The zero-order valence-electron chi connectivity index (χ0n) is 12.8. The van der Waals surface area contributed by atoms with Gasteiger partial charge in [0.25, 0.3) is 0 Å². The lowest BCUT2D eigenvalue weighted by atomic mass is 9.82. The maximum atomic E-state index is 12.4. The summed E-state index contributed by atoms with van der Waals surface area (Å²) < 4.78 is 0. The van der Waals surface area contributed by atoms with Gasteiger partial charge in [-0.05, 0) is 42.7 Å². The Morgan fingerprint density at radius 3 is 2.36 bits per heavy atom. The van der Waals surface area contributed by atoms with E-state index < -0.39 is 5.97 Å². The van der Waals surface area contributed by atoms with Crippen LogP contribution in [0.25, 0.3) is 0 Å². The van der Waals surface area contributed by atoms with Gasteiger partial charge in [0, 0.05) is 19.5 Å². The zero-order valence-corrected chi connectivity index (χ0v) is 12.8. The Bertz CT molecular complexity index is 555. The van der Waals surface area contributed by atoms with Gasteiger partial charge in [0.2, 0.25) is 5.91 Å². The Balaban J connectivity index is 1.58. The summed E-state index contributed by atoms with van der Waals surface area (Å²) in [5.41, 5.74) is 1.06. The van der Waals surface area contributed by atoms with E-state index in [2.05, 4.69) is 0 Å². The molecule has 22 heavy (non-hydrogen) atoms. The lowest BCUT2D eigenvalue weighted by molar-refractivity contribution is -0.130. The standard InChI is InChI=1S/C18H23NO3/c20-17(19-11-14-6-1-2-7-15(14)12-19)10-9-13-5-3-4-8-16(13)18(21)22/h3-5,8,14-15H,1-2,6-7,9-12H2,(H,21,22). The lowest BCUT2D eigenvalue weighted by Crippen LogP contribution is -2.29. The fourth-order valence-electron chi connectivity index (χ4n) is 3.96. The van der Waals surface area contributed by atoms with E-state index in [1.807, 2.05) is 11.0 Å². The third-order valence-corrected chi connectivity index (χ3v) is 5.18. The first-order valence-electron chi connectivity index (χ1n) is 8.24. The van der Waals surface area contributed by atoms with Gasteiger partial charge >= 0.3 is 5.97 Å². The Kier molecular flexibility index (Phi) is 4.46. The maximum absolute atomic E-state index is 12.4. The van der Waals surface area contributed by atoms with Crippen LogP contribution in [0.5, 0.6) is 0 Å². The molecule has 1 heterocycles. The molecule has 118 valence electrons. The number of hydrogen-bond donors (Lipinski definition) is 1. The number of nitrogens with zero attached hydrogens (tertiary/aromatic N) is 1. The quantitative estimate of drug-likeness (QED) is 0.930. The van der Waals surface area contributed by atoms with Gasteiger partial charge in [0.15, 0.2) is 0 Å². The number of hydrogen-bond acceptors (Lipinski definition) is 2. The molecule has 3 rings (SSSR count). The third kappa shape index (κ3) is 3.16. The molecule has 2 atom stereocenters. The lowest BCUT2D eigenvalue weighted by Gasteiger charge is -2.22. The maximum Gasteiger partial charge on any atom is 0.335 e.